The Morgan fingerprint density at radius 2 is 1.59 bits per heavy atom. The third-order valence-corrected chi connectivity index (χ3v) is 6.66. The minimum atomic E-state index is 0.102. The van der Waals surface area contributed by atoms with Crippen LogP contribution >= 0.6 is 12.2 Å². The van der Waals surface area contributed by atoms with Gasteiger partial charge in [0.15, 0.2) is 5.11 Å². The van der Waals surface area contributed by atoms with Crippen LogP contribution in [0, 0.1) is 11.8 Å². The van der Waals surface area contributed by atoms with Gasteiger partial charge in [0.1, 0.15) is 11.6 Å². The summed E-state index contributed by atoms with van der Waals surface area (Å²) in [6.45, 7) is 10.9. The average molecular weight is 453 g/mol. The van der Waals surface area contributed by atoms with Gasteiger partial charge in [0.05, 0.1) is 6.04 Å². The Balaban J connectivity index is 1.53. The van der Waals surface area contributed by atoms with Crippen LogP contribution in [0.15, 0.2) is 36.4 Å². The van der Waals surface area contributed by atoms with Crippen molar-refractivity contribution in [3.8, 4) is 0 Å². The standard InChI is InChI=1S/C25H36N6S/c1-18-14-19(2)17-31(16-18)23-15-22(30-12-8-5-9-13-30)27-24(28-23)29-25(32)26-20(3)21-10-6-4-7-11-21/h4,6-7,10-11,15,18-20H,5,8-9,12-14,16-17H2,1-3H3,(H2,26,27,28,29,32)/t18-,19+,20-/m1/s1. The lowest BCUT2D eigenvalue weighted by atomic mass is 9.92. The Hall–Kier alpha value is -2.41. The number of rotatable bonds is 5. The van der Waals surface area contributed by atoms with Crippen molar-refractivity contribution >= 4 is 34.9 Å². The molecule has 2 fully saturated rings. The number of hydrogen-bond donors (Lipinski definition) is 2. The van der Waals surface area contributed by atoms with Crippen LogP contribution < -0.4 is 20.4 Å². The van der Waals surface area contributed by atoms with Gasteiger partial charge in [0, 0.05) is 32.2 Å². The van der Waals surface area contributed by atoms with Crippen molar-refractivity contribution in [3.05, 3.63) is 42.0 Å². The Morgan fingerprint density at radius 3 is 2.25 bits per heavy atom. The summed E-state index contributed by atoms with van der Waals surface area (Å²) >= 11 is 5.62. The molecule has 32 heavy (non-hydrogen) atoms. The molecule has 4 rings (SSSR count). The van der Waals surface area contributed by atoms with Gasteiger partial charge in [-0.2, -0.15) is 9.97 Å². The van der Waals surface area contributed by atoms with Gasteiger partial charge in [-0.25, -0.2) is 0 Å². The molecule has 2 aliphatic rings. The molecule has 0 amide bonds. The zero-order valence-corrected chi connectivity index (χ0v) is 20.4. The zero-order valence-electron chi connectivity index (χ0n) is 19.6. The smallest absolute Gasteiger partial charge is 0.232 e. The molecular weight excluding hydrogens is 416 g/mol. The van der Waals surface area contributed by atoms with Gasteiger partial charge in [-0.3, -0.25) is 0 Å². The van der Waals surface area contributed by atoms with Crippen molar-refractivity contribution < 1.29 is 0 Å². The van der Waals surface area contributed by atoms with E-state index in [9.17, 15) is 0 Å². The molecule has 1 aromatic heterocycles. The van der Waals surface area contributed by atoms with Gasteiger partial charge in [0.25, 0.3) is 0 Å². The first-order valence-corrected chi connectivity index (χ1v) is 12.4. The average Bonchev–Trinajstić information content (AvgIpc) is 2.79. The van der Waals surface area contributed by atoms with Crippen molar-refractivity contribution in [3.63, 3.8) is 0 Å². The van der Waals surface area contributed by atoms with E-state index in [2.05, 4.69) is 59.4 Å². The minimum absolute atomic E-state index is 0.102. The van der Waals surface area contributed by atoms with E-state index in [4.69, 9.17) is 22.2 Å². The molecule has 6 nitrogen and oxygen atoms in total. The van der Waals surface area contributed by atoms with E-state index in [-0.39, 0.29) is 6.04 Å². The molecule has 0 aliphatic carbocycles. The van der Waals surface area contributed by atoms with Crippen LogP contribution in [0.1, 0.15) is 58.1 Å². The monoisotopic (exact) mass is 452 g/mol. The van der Waals surface area contributed by atoms with Gasteiger partial charge in [-0.15, -0.1) is 0 Å². The van der Waals surface area contributed by atoms with Gasteiger partial charge < -0.3 is 20.4 Å². The van der Waals surface area contributed by atoms with Gasteiger partial charge in [-0.1, -0.05) is 44.2 Å². The lowest BCUT2D eigenvalue weighted by Crippen LogP contribution is -2.40. The van der Waals surface area contributed by atoms with E-state index in [1.54, 1.807) is 0 Å². The Labute approximate surface area is 197 Å². The molecule has 1 aromatic carbocycles. The maximum Gasteiger partial charge on any atom is 0.232 e. The number of thiocarbonyl (C=S) groups is 1. The molecule has 172 valence electrons. The number of nitrogens with one attached hydrogen (secondary N) is 2. The first-order chi connectivity index (χ1) is 15.5. The number of anilines is 3. The lowest BCUT2D eigenvalue weighted by Gasteiger charge is -2.36. The van der Waals surface area contributed by atoms with E-state index in [1.807, 2.05) is 18.2 Å². The first kappa shape index (κ1) is 22.8. The van der Waals surface area contributed by atoms with Crippen LogP contribution in [0.3, 0.4) is 0 Å². The van der Waals surface area contributed by atoms with Gasteiger partial charge in [0.2, 0.25) is 5.95 Å². The van der Waals surface area contributed by atoms with E-state index >= 15 is 0 Å². The van der Waals surface area contributed by atoms with Crippen molar-refractivity contribution in [2.45, 2.75) is 52.5 Å². The molecular formula is C25H36N6S. The molecule has 3 atom stereocenters. The summed E-state index contributed by atoms with van der Waals surface area (Å²) in [7, 11) is 0. The van der Waals surface area contributed by atoms with Crippen LogP contribution in [-0.2, 0) is 0 Å². The summed E-state index contributed by atoms with van der Waals surface area (Å²) in [5, 5.41) is 7.18. The summed E-state index contributed by atoms with van der Waals surface area (Å²) in [5.41, 5.74) is 1.19. The molecule has 0 bridgehead atoms. The van der Waals surface area contributed by atoms with Crippen LogP contribution in [0.2, 0.25) is 0 Å². The van der Waals surface area contributed by atoms with Crippen LogP contribution in [0.25, 0.3) is 0 Å². The third kappa shape index (κ3) is 5.88. The fourth-order valence-corrected chi connectivity index (χ4v) is 5.20. The second kappa shape index (κ2) is 10.5. The van der Waals surface area contributed by atoms with Crippen molar-refractivity contribution in [2.75, 3.05) is 41.3 Å². The topological polar surface area (TPSA) is 56.3 Å². The van der Waals surface area contributed by atoms with E-state index in [0.29, 0.717) is 22.9 Å². The van der Waals surface area contributed by atoms with Gasteiger partial charge in [-0.05, 0) is 62.2 Å². The molecule has 2 N–H and O–H groups in total. The zero-order chi connectivity index (χ0) is 22.5. The van der Waals surface area contributed by atoms with Crippen molar-refractivity contribution in [2.24, 2.45) is 11.8 Å². The number of piperidine rings is 2. The Bertz CT molecular complexity index is 889. The second-order valence-corrected chi connectivity index (χ2v) is 9.95. The first-order valence-electron chi connectivity index (χ1n) is 12.0. The quantitative estimate of drug-likeness (QED) is 0.619. The van der Waals surface area contributed by atoms with Crippen molar-refractivity contribution in [1.29, 1.82) is 0 Å². The SMILES string of the molecule is C[C@@H]1C[C@H](C)CN(c2cc(N3CCCCC3)nc(NC(=S)N[C@H](C)c3ccccc3)n2)C1. The van der Waals surface area contributed by atoms with E-state index in [0.717, 1.165) is 37.8 Å². The van der Waals surface area contributed by atoms with E-state index in [1.165, 1.54) is 31.2 Å². The fourth-order valence-electron chi connectivity index (χ4n) is 4.93. The highest BCUT2D eigenvalue weighted by Crippen LogP contribution is 2.29. The molecule has 2 saturated heterocycles. The molecule has 0 radical (unpaired) electrons. The molecule has 3 heterocycles. The maximum atomic E-state index is 5.62. The molecule has 2 aromatic rings. The molecule has 0 unspecified atom stereocenters. The fraction of sp³-hybridized carbons (Fsp3) is 0.560. The largest absolute Gasteiger partial charge is 0.356 e. The normalized spacial score (nSPS) is 22.3. The molecule has 7 heteroatoms. The second-order valence-electron chi connectivity index (χ2n) is 9.54. The highest BCUT2D eigenvalue weighted by Gasteiger charge is 2.25. The highest BCUT2D eigenvalue weighted by atomic mass is 32.1. The maximum absolute atomic E-state index is 5.62. The molecule has 0 spiro atoms. The van der Waals surface area contributed by atoms with E-state index < -0.39 is 0 Å². The number of nitrogens with zero attached hydrogens (tertiary/aromatic N) is 4. The summed E-state index contributed by atoms with van der Waals surface area (Å²) in [6, 6.07) is 12.6. The molecule has 2 aliphatic heterocycles. The summed E-state index contributed by atoms with van der Waals surface area (Å²) < 4.78 is 0. The highest BCUT2D eigenvalue weighted by molar-refractivity contribution is 7.80. The van der Waals surface area contributed by atoms with Crippen LogP contribution in [-0.4, -0.2) is 41.3 Å². The lowest BCUT2D eigenvalue weighted by molar-refractivity contribution is 0.355. The Kier molecular flexibility index (Phi) is 7.45. The summed E-state index contributed by atoms with van der Waals surface area (Å²) in [5.74, 6) is 3.91. The van der Waals surface area contributed by atoms with Crippen molar-refractivity contribution in [1.82, 2.24) is 15.3 Å². The van der Waals surface area contributed by atoms with Crippen LogP contribution in [0.4, 0.5) is 17.6 Å². The third-order valence-electron chi connectivity index (χ3n) is 6.44. The predicted molar refractivity (Wildman–Crippen MR) is 137 cm³/mol. The number of hydrogen-bond acceptors (Lipinski definition) is 5. The summed E-state index contributed by atoms with van der Waals surface area (Å²) in [4.78, 5) is 14.6. The van der Waals surface area contributed by atoms with Gasteiger partial charge >= 0.3 is 0 Å². The van der Waals surface area contributed by atoms with Crippen LogP contribution in [0.5, 0.6) is 0 Å². The minimum Gasteiger partial charge on any atom is -0.356 e. The molecule has 0 saturated carbocycles. The number of aromatic nitrogens is 2. The summed E-state index contributed by atoms with van der Waals surface area (Å²) in [6.07, 6.45) is 5.01. The Morgan fingerprint density at radius 1 is 0.969 bits per heavy atom. The predicted octanol–water partition coefficient (Wildman–Crippen LogP) is 5.00. The number of benzene rings is 1.